The van der Waals surface area contributed by atoms with Gasteiger partial charge in [0.25, 0.3) is 0 Å². The molecule has 0 spiro atoms. The van der Waals surface area contributed by atoms with Crippen LogP contribution in [-0.2, 0) is 0 Å². The maximum atomic E-state index is 5.79. The summed E-state index contributed by atoms with van der Waals surface area (Å²) in [4.78, 5) is 11.9. The Hall–Kier alpha value is -2.37. The van der Waals surface area contributed by atoms with E-state index in [0.717, 1.165) is 5.56 Å². The number of nitrogens with two attached hydrogens (primary N) is 2. The number of aromatic nitrogens is 3. The molecule has 2 heterocycles. The van der Waals surface area contributed by atoms with E-state index in [-0.39, 0.29) is 5.95 Å². The largest absolute Gasteiger partial charge is 0.481 e. The molecule has 2 aromatic rings. The monoisotopic (exact) mass is 217 g/mol. The molecule has 0 bridgehead atoms. The summed E-state index contributed by atoms with van der Waals surface area (Å²) >= 11 is 0. The Morgan fingerprint density at radius 1 is 1.25 bits per heavy atom. The van der Waals surface area contributed by atoms with Crippen LogP contribution in [0.2, 0.25) is 0 Å². The second kappa shape index (κ2) is 4.01. The molecule has 0 amide bonds. The number of nitrogen functional groups attached to an aromatic ring is 2. The molecule has 6 nitrogen and oxygen atoms in total. The van der Waals surface area contributed by atoms with Crippen molar-refractivity contribution >= 4 is 11.6 Å². The second-order valence-corrected chi connectivity index (χ2v) is 3.12. The average Bonchev–Trinajstić information content (AvgIpc) is 2.28. The number of rotatable bonds is 2. The lowest BCUT2D eigenvalue weighted by Crippen LogP contribution is -2.00. The standard InChI is InChI=1S/C10H11N5O/c1-16-9-4-8(14-10(12)15-9)6-2-3-13-5-7(6)11/h2-5H,11H2,1H3,(H2,12,14,15). The Balaban J connectivity index is 2.56. The summed E-state index contributed by atoms with van der Waals surface area (Å²) in [7, 11) is 1.52. The van der Waals surface area contributed by atoms with Crippen molar-refractivity contribution in [3.63, 3.8) is 0 Å². The van der Waals surface area contributed by atoms with Crippen LogP contribution in [0.25, 0.3) is 11.3 Å². The molecule has 0 fully saturated rings. The Morgan fingerprint density at radius 2 is 2.06 bits per heavy atom. The first kappa shape index (κ1) is 10.2. The van der Waals surface area contributed by atoms with Crippen molar-refractivity contribution < 1.29 is 4.74 Å². The van der Waals surface area contributed by atoms with Crippen LogP contribution >= 0.6 is 0 Å². The molecule has 4 N–H and O–H groups in total. The Morgan fingerprint density at radius 3 is 2.75 bits per heavy atom. The molecule has 0 aromatic carbocycles. The van der Waals surface area contributed by atoms with Crippen LogP contribution in [0.3, 0.4) is 0 Å². The zero-order valence-electron chi connectivity index (χ0n) is 8.71. The van der Waals surface area contributed by atoms with Gasteiger partial charge in [-0.05, 0) is 6.07 Å². The molecule has 2 rings (SSSR count). The molecule has 0 aliphatic heterocycles. The maximum absolute atomic E-state index is 5.79. The number of pyridine rings is 1. The molecule has 0 unspecified atom stereocenters. The molecular weight excluding hydrogens is 206 g/mol. The van der Waals surface area contributed by atoms with Gasteiger partial charge >= 0.3 is 0 Å². The van der Waals surface area contributed by atoms with E-state index in [2.05, 4.69) is 15.0 Å². The molecule has 0 radical (unpaired) electrons. The van der Waals surface area contributed by atoms with E-state index >= 15 is 0 Å². The normalized spacial score (nSPS) is 10.1. The number of ether oxygens (including phenoxy) is 1. The van der Waals surface area contributed by atoms with Gasteiger partial charge in [-0.25, -0.2) is 4.98 Å². The SMILES string of the molecule is COc1cc(-c2ccncc2N)nc(N)n1. The van der Waals surface area contributed by atoms with Crippen LogP contribution in [0.15, 0.2) is 24.5 Å². The van der Waals surface area contributed by atoms with Crippen molar-refractivity contribution in [3.05, 3.63) is 24.5 Å². The Kier molecular flexibility index (Phi) is 2.55. The lowest BCUT2D eigenvalue weighted by molar-refractivity contribution is 0.398. The topological polar surface area (TPSA) is 99.9 Å². The summed E-state index contributed by atoms with van der Waals surface area (Å²) in [5, 5.41) is 0. The number of hydrogen-bond acceptors (Lipinski definition) is 6. The van der Waals surface area contributed by atoms with E-state index in [1.807, 2.05) is 0 Å². The molecule has 0 atom stereocenters. The third kappa shape index (κ3) is 1.85. The first-order valence-corrected chi connectivity index (χ1v) is 4.59. The fourth-order valence-electron chi connectivity index (χ4n) is 1.33. The Bertz CT molecular complexity index is 514. The summed E-state index contributed by atoms with van der Waals surface area (Å²) in [5.41, 5.74) is 13.3. The zero-order valence-corrected chi connectivity index (χ0v) is 8.71. The highest BCUT2D eigenvalue weighted by Gasteiger charge is 2.07. The Labute approximate surface area is 92.3 Å². The summed E-state index contributed by atoms with van der Waals surface area (Å²) in [6.45, 7) is 0. The van der Waals surface area contributed by atoms with Gasteiger partial charge in [0.2, 0.25) is 11.8 Å². The quantitative estimate of drug-likeness (QED) is 0.768. The number of anilines is 2. The van der Waals surface area contributed by atoms with Gasteiger partial charge in [-0.2, -0.15) is 4.98 Å². The molecule has 16 heavy (non-hydrogen) atoms. The van der Waals surface area contributed by atoms with E-state index in [9.17, 15) is 0 Å². The first-order valence-electron chi connectivity index (χ1n) is 4.59. The molecular formula is C10H11N5O. The summed E-state index contributed by atoms with van der Waals surface area (Å²) in [6, 6.07) is 3.43. The highest BCUT2D eigenvalue weighted by atomic mass is 16.5. The van der Waals surface area contributed by atoms with Crippen molar-refractivity contribution in [3.8, 4) is 17.1 Å². The lowest BCUT2D eigenvalue weighted by atomic mass is 10.1. The minimum Gasteiger partial charge on any atom is -0.481 e. The number of hydrogen-bond donors (Lipinski definition) is 2. The van der Waals surface area contributed by atoms with Crippen LogP contribution in [-0.4, -0.2) is 22.1 Å². The molecule has 0 aliphatic carbocycles. The van der Waals surface area contributed by atoms with Crippen LogP contribution in [0, 0.1) is 0 Å². The molecule has 0 saturated carbocycles. The van der Waals surface area contributed by atoms with Gasteiger partial charge in [-0.15, -0.1) is 0 Å². The fraction of sp³-hybridized carbons (Fsp3) is 0.100. The smallest absolute Gasteiger partial charge is 0.223 e. The molecule has 2 aromatic heterocycles. The summed E-state index contributed by atoms with van der Waals surface area (Å²) in [6.07, 6.45) is 3.19. The van der Waals surface area contributed by atoms with E-state index in [0.29, 0.717) is 17.3 Å². The van der Waals surface area contributed by atoms with Crippen molar-refractivity contribution in [1.82, 2.24) is 15.0 Å². The van der Waals surface area contributed by atoms with Crippen molar-refractivity contribution in [2.45, 2.75) is 0 Å². The van der Waals surface area contributed by atoms with Crippen molar-refractivity contribution in [2.75, 3.05) is 18.6 Å². The first-order chi connectivity index (χ1) is 7.70. The van der Waals surface area contributed by atoms with Crippen molar-refractivity contribution in [2.24, 2.45) is 0 Å². The van der Waals surface area contributed by atoms with Crippen LogP contribution in [0.5, 0.6) is 5.88 Å². The predicted molar refractivity (Wildman–Crippen MR) is 60.6 cm³/mol. The van der Waals surface area contributed by atoms with Gasteiger partial charge in [0.1, 0.15) is 0 Å². The lowest BCUT2D eigenvalue weighted by Gasteiger charge is -2.06. The van der Waals surface area contributed by atoms with Gasteiger partial charge in [0, 0.05) is 17.8 Å². The maximum Gasteiger partial charge on any atom is 0.223 e. The van der Waals surface area contributed by atoms with Gasteiger partial charge in [-0.1, -0.05) is 0 Å². The molecule has 6 heteroatoms. The molecule has 82 valence electrons. The van der Waals surface area contributed by atoms with Gasteiger partial charge < -0.3 is 16.2 Å². The van der Waals surface area contributed by atoms with E-state index < -0.39 is 0 Å². The van der Waals surface area contributed by atoms with Gasteiger partial charge in [0.15, 0.2) is 0 Å². The minimum atomic E-state index is 0.144. The predicted octanol–water partition coefficient (Wildman–Crippen LogP) is 0.712. The van der Waals surface area contributed by atoms with E-state index in [1.54, 1.807) is 24.5 Å². The average molecular weight is 217 g/mol. The van der Waals surface area contributed by atoms with E-state index in [4.69, 9.17) is 16.2 Å². The number of methoxy groups -OCH3 is 1. The highest BCUT2D eigenvalue weighted by Crippen LogP contribution is 2.25. The van der Waals surface area contributed by atoms with Crippen LogP contribution in [0.1, 0.15) is 0 Å². The zero-order chi connectivity index (χ0) is 11.5. The number of nitrogens with zero attached hydrogens (tertiary/aromatic N) is 3. The van der Waals surface area contributed by atoms with E-state index in [1.165, 1.54) is 7.11 Å². The highest BCUT2D eigenvalue weighted by molar-refractivity contribution is 5.73. The van der Waals surface area contributed by atoms with Crippen molar-refractivity contribution in [1.29, 1.82) is 0 Å². The molecule has 0 saturated heterocycles. The van der Waals surface area contributed by atoms with Crippen LogP contribution < -0.4 is 16.2 Å². The fourth-order valence-corrected chi connectivity index (χ4v) is 1.33. The third-order valence-corrected chi connectivity index (χ3v) is 2.06. The minimum absolute atomic E-state index is 0.144. The summed E-state index contributed by atoms with van der Waals surface area (Å²) < 4.78 is 5.01. The molecule has 0 aliphatic rings. The van der Waals surface area contributed by atoms with Gasteiger partial charge in [0.05, 0.1) is 24.7 Å². The third-order valence-electron chi connectivity index (χ3n) is 2.06. The van der Waals surface area contributed by atoms with Gasteiger partial charge in [-0.3, -0.25) is 4.98 Å². The second-order valence-electron chi connectivity index (χ2n) is 3.12. The summed E-state index contributed by atoms with van der Waals surface area (Å²) in [5.74, 6) is 0.546. The van der Waals surface area contributed by atoms with Crippen LogP contribution in [0.4, 0.5) is 11.6 Å².